The van der Waals surface area contributed by atoms with Gasteiger partial charge in [0.15, 0.2) is 0 Å². The molecule has 0 spiro atoms. The van der Waals surface area contributed by atoms with E-state index in [-0.39, 0.29) is 23.9 Å². The van der Waals surface area contributed by atoms with Crippen LogP contribution in [0.3, 0.4) is 0 Å². The molecular formula is C23H21F6N3O. The molecule has 10 heteroatoms. The van der Waals surface area contributed by atoms with Gasteiger partial charge in [0.2, 0.25) is 5.91 Å². The molecule has 1 amide bonds. The Morgan fingerprint density at radius 2 is 1.76 bits per heavy atom. The van der Waals surface area contributed by atoms with Crippen molar-refractivity contribution in [2.24, 2.45) is 11.7 Å². The fourth-order valence-corrected chi connectivity index (χ4v) is 4.46. The number of rotatable bonds is 7. The fraction of sp³-hybridized carbons (Fsp3) is 0.348. The number of hydrogen-bond donors (Lipinski definition) is 3. The van der Waals surface area contributed by atoms with E-state index in [4.69, 9.17) is 5.73 Å². The van der Waals surface area contributed by atoms with Crippen LogP contribution in [0.25, 0.3) is 22.2 Å². The molecule has 1 aromatic heterocycles. The van der Waals surface area contributed by atoms with Gasteiger partial charge >= 0.3 is 6.18 Å². The molecule has 0 bridgehead atoms. The summed E-state index contributed by atoms with van der Waals surface area (Å²) in [5.74, 6) is -3.18. The van der Waals surface area contributed by atoms with Crippen LogP contribution in [0.4, 0.5) is 26.3 Å². The smallest absolute Gasteiger partial charge is 0.368 e. The number of aromatic amines is 1. The molecule has 0 radical (unpaired) electrons. The summed E-state index contributed by atoms with van der Waals surface area (Å²) in [6.07, 6.45) is -4.82. The molecule has 0 aliphatic heterocycles. The van der Waals surface area contributed by atoms with E-state index < -0.39 is 42.0 Å². The molecule has 1 saturated carbocycles. The van der Waals surface area contributed by atoms with Crippen molar-refractivity contribution in [1.29, 1.82) is 0 Å². The number of H-pyrrole nitrogens is 1. The first-order valence-corrected chi connectivity index (χ1v) is 10.4. The molecule has 33 heavy (non-hydrogen) atoms. The number of amides is 1. The number of halogens is 6. The summed E-state index contributed by atoms with van der Waals surface area (Å²) in [7, 11) is 0. The van der Waals surface area contributed by atoms with Gasteiger partial charge in [-0.25, -0.2) is 13.2 Å². The second-order valence-electron chi connectivity index (χ2n) is 8.45. The minimum Gasteiger partial charge on any atom is -0.368 e. The summed E-state index contributed by atoms with van der Waals surface area (Å²) in [5.41, 5.74) is 7.02. The first-order valence-electron chi connectivity index (χ1n) is 10.4. The number of carbonyl (C=O) groups is 1. The Morgan fingerprint density at radius 3 is 2.36 bits per heavy atom. The number of primary amides is 1. The monoisotopic (exact) mass is 469 g/mol. The molecule has 1 fully saturated rings. The third kappa shape index (κ3) is 5.00. The van der Waals surface area contributed by atoms with Gasteiger partial charge in [0, 0.05) is 11.5 Å². The van der Waals surface area contributed by atoms with Gasteiger partial charge in [0.25, 0.3) is 0 Å². The zero-order chi connectivity index (χ0) is 23.9. The molecule has 3 aromatic rings. The lowest BCUT2D eigenvalue weighted by Crippen LogP contribution is -2.47. The van der Waals surface area contributed by atoms with Gasteiger partial charge in [-0.15, -0.1) is 0 Å². The van der Waals surface area contributed by atoms with Crippen molar-refractivity contribution in [2.45, 2.75) is 37.4 Å². The van der Waals surface area contributed by atoms with Crippen molar-refractivity contribution in [3.05, 3.63) is 59.4 Å². The number of benzene rings is 2. The average molecular weight is 469 g/mol. The van der Waals surface area contributed by atoms with E-state index in [1.54, 1.807) is 0 Å². The van der Waals surface area contributed by atoms with Gasteiger partial charge in [-0.05, 0) is 72.7 Å². The summed E-state index contributed by atoms with van der Waals surface area (Å²) in [4.78, 5) is 14.3. The molecule has 1 aliphatic carbocycles. The second-order valence-corrected chi connectivity index (χ2v) is 8.45. The predicted molar refractivity (Wildman–Crippen MR) is 111 cm³/mol. The average Bonchev–Trinajstić information content (AvgIpc) is 3.05. The quantitative estimate of drug-likeness (QED) is 0.420. The molecule has 4 N–H and O–H groups in total. The number of nitrogens with two attached hydrogens (primary N) is 1. The highest BCUT2D eigenvalue weighted by atomic mass is 19.4. The van der Waals surface area contributed by atoms with Gasteiger partial charge < -0.3 is 16.0 Å². The van der Waals surface area contributed by atoms with Gasteiger partial charge in [-0.1, -0.05) is 0 Å². The van der Waals surface area contributed by atoms with Crippen molar-refractivity contribution in [3.63, 3.8) is 0 Å². The zero-order valence-electron chi connectivity index (χ0n) is 17.3. The minimum absolute atomic E-state index is 0.0468. The molecule has 2 aromatic carbocycles. The van der Waals surface area contributed by atoms with E-state index in [2.05, 4.69) is 10.3 Å². The Morgan fingerprint density at radius 1 is 1.09 bits per heavy atom. The Kier molecular flexibility index (Phi) is 6.13. The maximum Gasteiger partial charge on any atom is 0.391 e. The van der Waals surface area contributed by atoms with Gasteiger partial charge in [0.1, 0.15) is 17.5 Å². The number of fused-ring (bicyclic) bond motifs is 1. The Labute approximate surface area is 185 Å². The van der Waals surface area contributed by atoms with E-state index in [1.165, 1.54) is 30.3 Å². The maximum absolute atomic E-state index is 14.4. The molecule has 176 valence electrons. The van der Waals surface area contributed by atoms with Crippen LogP contribution in [0.5, 0.6) is 0 Å². The van der Waals surface area contributed by atoms with Crippen LogP contribution in [0, 0.1) is 23.4 Å². The molecule has 1 aliphatic rings. The third-order valence-corrected chi connectivity index (χ3v) is 6.07. The van der Waals surface area contributed by atoms with Gasteiger partial charge in [-0.3, -0.25) is 4.79 Å². The number of hydrogen-bond acceptors (Lipinski definition) is 2. The zero-order valence-corrected chi connectivity index (χ0v) is 17.3. The molecule has 1 heterocycles. The summed E-state index contributed by atoms with van der Waals surface area (Å²) >= 11 is 0. The number of carbonyl (C=O) groups excluding carboxylic acids is 1. The van der Waals surface area contributed by atoms with Crippen LogP contribution >= 0.6 is 0 Å². The number of aromatic nitrogens is 1. The largest absolute Gasteiger partial charge is 0.391 e. The Balaban J connectivity index is 1.56. The highest BCUT2D eigenvalue weighted by Crippen LogP contribution is 2.48. The lowest BCUT2D eigenvalue weighted by Gasteiger charge is -2.37. The lowest BCUT2D eigenvalue weighted by molar-refractivity contribution is -0.148. The highest BCUT2D eigenvalue weighted by molar-refractivity contribution is 5.92. The predicted octanol–water partition coefficient (Wildman–Crippen LogP) is 5.14. The molecule has 4 rings (SSSR count). The number of nitrogens with one attached hydrogen (secondary N) is 2. The summed E-state index contributed by atoms with van der Waals surface area (Å²) < 4.78 is 79.7. The second kappa shape index (κ2) is 8.74. The first-order chi connectivity index (χ1) is 15.5. The minimum atomic E-state index is -4.53. The van der Waals surface area contributed by atoms with Crippen LogP contribution in [0.1, 0.15) is 30.7 Å². The topological polar surface area (TPSA) is 70.9 Å². The molecular weight excluding hydrogens is 448 g/mol. The Bertz CT molecular complexity index is 1170. The standard InChI is InChI=1S/C23H21F6N3O/c24-14-3-1-12(2-4-14)20-19(16-7-15(25)8-17(26)21(16)32-20)13-5-11(6-13)10-31-18(22(30)33)9-23(27,28)29/h1-4,7-8,11,13,18,31-32H,5-6,9-10H2,(H2,30,33). The lowest BCUT2D eigenvalue weighted by atomic mass is 9.70. The fourth-order valence-electron chi connectivity index (χ4n) is 4.46. The first kappa shape index (κ1) is 23.2. The molecule has 1 atom stereocenters. The van der Waals surface area contributed by atoms with Crippen LogP contribution in [0.15, 0.2) is 36.4 Å². The Hall–Kier alpha value is -3.01. The van der Waals surface area contributed by atoms with Crippen LogP contribution in [0.2, 0.25) is 0 Å². The summed E-state index contributed by atoms with van der Waals surface area (Å²) in [6, 6.07) is 6.08. The third-order valence-electron chi connectivity index (χ3n) is 6.07. The SMILES string of the molecule is NC(=O)C(CC(F)(F)F)NCC1CC(c2c(-c3ccc(F)cc3)[nH]c3c(F)cc(F)cc23)C1. The molecule has 0 saturated heterocycles. The van der Waals surface area contributed by atoms with Crippen LogP contribution in [-0.2, 0) is 4.79 Å². The van der Waals surface area contributed by atoms with Crippen LogP contribution < -0.4 is 11.1 Å². The van der Waals surface area contributed by atoms with E-state index in [0.717, 1.165) is 6.07 Å². The van der Waals surface area contributed by atoms with E-state index >= 15 is 0 Å². The van der Waals surface area contributed by atoms with Crippen molar-refractivity contribution in [2.75, 3.05) is 6.54 Å². The summed E-state index contributed by atoms with van der Waals surface area (Å²) in [6.45, 7) is 0.150. The summed E-state index contributed by atoms with van der Waals surface area (Å²) in [5, 5.41) is 2.96. The molecule has 1 unspecified atom stereocenters. The van der Waals surface area contributed by atoms with Crippen molar-refractivity contribution in [1.82, 2.24) is 10.3 Å². The van der Waals surface area contributed by atoms with E-state index in [9.17, 15) is 31.1 Å². The van der Waals surface area contributed by atoms with Gasteiger partial charge in [-0.2, -0.15) is 13.2 Å². The van der Waals surface area contributed by atoms with Crippen molar-refractivity contribution < 1.29 is 31.1 Å². The maximum atomic E-state index is 14.4. The molecule has 4 nitrogen and oxygen atoms in total. The number of alkyl halides is 3. The van der Waals surface area contributed by atoms with Gasteiger partial charge in [0.05, 0.1) is 23.7 Å². The van der Waals surface area contributed by atoms with Crippen molar-refractivity contribution in [3.8, 4) is 11.3 Å². The van der Waals surface area contributed by atoms with E-state index in [1.807, 2.05) is 0 Å². The van der Waals surface area contributed by atoms with E-state index in [0.29, 0.717) is 35.0 Å². The van der Waals surface area contributed by atoms with Crippen LogP contribution in [-0.4, -0.2) is 29.7 Å². The van der Waals surface area contributed by atoms with Crippen molar-refractivity contribution >= 4 is 16.8 Å². The highest BCUT2D eigenvalue weighted by Gasteiger charge is 2.37. The normalized spacial score (nSPS) is 19.5.